The van der Waals surface area contributed by atoms with Crippen LogP contribution in [0, 0.1) is 0 Å². The lowest BCUT2D eigenvalue weighted by Crippen LogP contribution is -2.20. The number of hydrogen-bond donors (Lipinski definition) is 1. The average Bonchev–Trinajstić information content (AvgIpc) is 2.57. The Morgan fingerprint density at radius 1 is 1.04 bits per heavy atom. The van der Waals surface area contributed by atoms with Crippen LogP contribution in [0.15, 0.2) is 42.5 Å². The van der Waals surface area contributed by atoms with E-state index in [0.717, 1.165) is 5.56 Å². The molecule has 0 spiro atoms. The standard InChI is InChI=1S/C17H15Cl2NO4/c1-23-9-11-2-4-12(5-3-11)17(22)24-10-16(21)20-13-6-7-14(18)15(19)8-13/h2-8H,9-10H2,1H3,(H,20,21). The maximum absolute atomic E-state index is 11.9. The summed E-state index contributed by atoms with van der Waals surface area (Å²) in [6.07, 6.45) is 0. The fraction of sp³-hybridized carbons (Fsp3) is 0.176. The zero-order chi connectivity index (χ0) is 17.5. The molecule has 0 atom stereocenters. The molecular weight excluding hydrogens is 353 g/mol. The molecule has 1 N–H and O–H groups in total. The maximum Gasteiger partial charge on any atom is 0.338 e. The molecule has 0 heterocycles. The van der Waals surface area contributed by atoms with E-state index in [1.165, 1.54) is 6.07 Å². The van der Waals surface area contributed by atoms with Crippen LogP contribution >= 0.6 is 23.2 Å². The number of anilines is 1. The molecule has 0 aliphatic heterocycles. The topological polar surface area (TPSA) is 64.6 Å². The van der Waals surface area contributed by atoms with E-state index in [1.807, 2.05) is 0 Å². The van der Waals surface area contributed by atoms with E-state index in [0.29, 0.717) is 27.9 Å². The second-order valence-electron chi connectivity index (χ2n) is 4.88. The number of benzene rings is 2. The average molecular weight is 368 g/mol. The molecule has 1 amide bonds. The SMILES string of the molecule is COCc1ccc(C(=O)OCC(=O)Nc2ccc(Cl)c(Cl)c2)cc1. The number of amides is 1. The zero-order valence-electron chi connectivity index (χ0n) is 12.8. The molecule has 2 aromatic rings. The number of methoxy groups -OCH3 is 1. The van der Waals surface area contributed by atoms with Gasteiger partial charge in [-0.25, -0.2) is 4.79 Å². The van der Waals surface area contributed by atoms with Gasteiger partial charge in [0.2, 0.25) is 0 Å². The third-order valence-electron chi connectivity index (χ3n) is 3.04. The van der Waals surface area contributed by atoms with Gasteiger partial charge in [-0.2, -0.15) is 0 Å². The molecule has 2 aromatic carbocycles. The van der Waals surface area contributed by atoms with Crippen molar-refractivity contribution in [2.75, 3.05) is 19.0 Å². The van der Waals surface area contributed by atoms with Crippen LogP contribution < -0.4 is 5.32 Å². The maximum atomic E-state index is 11.9. The molecule has 5 nitrogen and oxygen atoms in total. The third kappa shape index (κ3) is 5.23. The van der Waals surface area contributed by atoms with E-state index >= 15 is 0 Å². The summed E-state index contributed by atoms with van der Waals surface area (Å²) in [5.74, 6) is -1.05. The summed E-state index contributed by atoms with van der Waals surface area (Å²) >= 11 is 11.7. The number of carbonyl (C=O) groups is 2. The van der Waals surface area contributed by atoms with Gasteiger partial charge in [-0.1, -0.05) is 35.3 Å². The van der Waals surface area contributed by atoms with Crippen molar-refractivity contribution in [3.63, 3.8) is 0 Å². The van der Waals surface area contributed by atoms with Crippen LogP contribution in [0.3, 0.4) is 0 Å². The Kier molecular flexibility index (Phi) is 6.61. The highest BCUT2D eigenvalue weighted by Crippen LogP contribution is 2.24. The fourth-order valence-corrected chi connectivity index (χ4v) is 2.19. The number of rotatable bonds is 6. The van der Waals surface area contributed by atoms with Crippen molar-refractivity contribution < 1.29 is 19.1 Å². The van der Waals surface area contributed by atoms with Crippen LogP contribution in [0.25, 0.3) is 0 Å². The van der Waals surface area contributed by atoms with Crippen LogP contribution in [-0.4, -0.2) is 25.6 Å². The molecule has 0 bridgehead atoms. The minimum absolute atomic E-state index is 0.322. The molecule has 0 aromatic heterocycles. The van der Waals surface area contributed by atoms with Gasteiger partial charge >= 0.3 is 5.97 Å². The molecule has 0 fully saturated rings. The van der Waals surface area contributed by atoms with Gasteiger partial charge in [0, 0.05) is 12.8 Å². The van der Waals surface area contributed by atoms with E-state index in [4.69, 9.17) is 32.7 Å². The quantitative estimate of drug-likeness (QED) is 0.785. The minimum atomic E-state index is -0.580. The predicted octanol–water partition coefficient (Wildman–Crippen LogP) is 3.94. The second-order valence-corrected chi connectivity index (χ2v) is 5.70. The summed E-state index contributed by atoms with van der Waals surface area (Å²) < 4.78 is 9.97. The monoisotopic (exact) mass is 367 g/mol. The fourth-order valence-electron chi connectivity index (χ4n) is 1.89. The first-order valence-corrected chi connectivity index (χ1v) is 7.75. The van der Waals surface area contributed by atoms with E-state index < -0.39 is 18.5 Å². The molecule has 0 unspecified atom stereocenters. The third-order valence-corrected chi connectivity index (χ3v) is 3.78. The van der Waals surface area contributed by atoms with Gasteiger partial charge in [-0.05, 0) is 35.9 Å². The first-order chi connectivity index (χ1) is 11.5. The van der Waals surface area contributed by atoms with Crippen molar-refractivity contribution in [3.05, 3.63) is 63.6 Å². The molecule has 0 aliphatic rings. The van der Waals surface area contributed by atoms with Crippen LogP contribution in [0.1, 0.15) is 15.9 Å². The summed E-state index contributed by atoms with van der Waals surface area (Å²) in [4.78, 5) is 23.7. The smallest absolute Gasteiger partial charge is 0.338 e. The number of carbonyl (C=O) groups excluding carboxylic acids is 2. The number of hydrogen-bond acceptors (Lipinski definition) is 4. The van der Waals surface area contributed by atoms with Crippen molar-refractivity contribution in [2.45, 2.75) is 6.61 Å². The zero-order valence-corrected chi connectivity index (χ0v) is 14.4. The molecule has 0 saturated carbocycles. The van der Waals surface area contributed by atoms with Crippen molar-refractivity contribution in [3.8, 4) is 0 Å². The van der Waals surface area contributed by atoms with E-state index in [-0.39, 0.29) is 0 Å². The Morgan fingerprint density at radius 3 is 2.38 bits per heavy atom. The Morgan fingerprint density at radius 2 is 1.75 bits per heavy atom. The highest BCUT2D eigenvalue weighted by atomic mass is 35.5. The lowest BCUT2D eigenvalue weighted by Gasteiger charge is -2.08. The molecule has 126 valence electrons. The van der Waals surface area contributed by atoms with Gasteiger partial charge in [0.1, 0.15) is 0 Å². The van der Waals surface area contributed by atoms with Crippen molar-refractivity contribution in [1.29, 1.82) is 0 Å². The molecule has 0 radical (unpaired) electrons. The van der Waals surface area contributed by atoms with Crippen LogP contribution in [0.4, 0.5) is 5.69 Å². The second kappa shape index (κ2) is 8.68. The van der Waals surface area contributed by atoms with Crippen molar-refractivity contribution >= 4 is 40.8 Å². The predicted molar refractivity (Wildman–Crippen MR) is 92.5 cm³/mol. The van der Waals surface area contributed by atoms with Crippen LogP contribution in [0.5, 0.6) is 0 Å². The van der Waals surface area contributed by atoms with Crippen molar-refractivity contribution in [2.24, 2.45) is 0 Å². The van der Waals surface area contributed by atoms with Crippen molar-refractivity contribution in [1.82, 2.24) is 0 Å². The van der Waals surface area contributed by atoms with Gasteiger partial charge in [0.25, 0.3) is 5.91 Å². The molecule has 7 heteroatoms. The molecule has 0 aliphatic carbocycles. The Labute approximate surface area is 149 Å². The van der Waals surface area contributed by atoms with Crippen LogP contribution in [-0.2, 0) is 20.9 Å². The van der Waals surface area contributed by atoms with Crippen LogP contribution in [0.2, 0.25) is 10.0 Å². The number of esters is 1. The summed E-state index contributed by atoms with van der Waals surface area (Å²) in [6.45, 7) is 0.0558. The highest BCUT2D eigenvalue weighted by Gasteiger charge is 2.11. The molecule has 0 saturated heterocycles. The van der Waals surface area contributed by atoms with E-state index in [2.05, 4.69) is 5.32 Å². The highest BCUT2D eigenvalue weighted by molar-refractivity contribution is 6.42. The number of ether oxygens (including phenoxy) is 2. The summed E-state index contributed by atoms with van der Waals surface area (Å²) in [5, 5.41) is 3.28. The van der Waals surface area contributed by atoms with Gasteiger partial charge in [0.05, 0.1) is 22.2 Å². The Bertz CT molecular complexity index is 732. The molecule has 2 rings (SSSR count). The minimum Gasteiger partial charge on any atom is -0.452 e. The van der Waals surface area contributed by atoms with E-state index in [1.54, 1.807) is 43.5 Å². The summed E-state index contributed by atoms with van der Waals surface area (Å²) in [7, 11) is 1.59. The number of nitrogens with one attached hydrogen (secondary N) is 1. The summed E-state index contributed by atoms with van der Waals surface area (Å²) in [6, 6.07) is 11.4. The van der Waals surface area contributed by atoms with E-state index in [9.17, 15) is 9.59 Å². The number of halogens is 2. The van der Waals surface area contributed by atoms with Gasteiger partial charge in [0.15, 0.2) is 6.61 Å². The Balaban J connectivity index is 1.86. The Hall–Kier alpha value is -2.08. The van der Waals surface area contributed by atoms with Gasteiger partial charge in [-0.3, -0.25) is 4.79 Å². The lowest BCUT2D eigenvalue weighted by atomic mass is 10.1. The van der Waals surface area contributed by atoms with Gasteiger partial charge < -0.3 is 14.8 Å². The largest absolute Gasteiger partial charge is 0.452 e. The lowest BCUT2D eigenvalue weighted by molar-refractivity contribution is -0.119. The first kappa shape index (κ1) is 18.3. The first-order valence-electron chi connectivity index (χ1n) is 6.99. The molecule has 24 heavy (non-hydrogen) atoms. The summed E-state index contributed by atoms with van der Waals surface area (Å²) in [5.41, 5.74) is 1.76. The molecular formula is C17H15Cl2NO4. The normalized spacial score (nSPS) is 10.3. The van der Waals surface area contributed by atoms with Gasteiger partial charge in [-0.15, -0.1) is 0 Å².